The van der Waals surface area contributed by atoms with E-state index >= 15 is 0 Å². The maximum absolute atomic E-state index is 5.07. The second-order valence-electron chi connectivity index (χ2n) is 6.95. The summed E-state index contributed by atoms with van der Waals surface area (Å²) in [6.07, 6.45) is 0.941. The van der Waals surface area contributed by atoms with Crippen molar-refractivity contribution in [3.63, 3.8) is 0 Å². The van der Waals surface area contributed by atoms with Gasteiger partial charge in [0.05, 0.1) is 0 Å². The van der Waals surface area contributed by atoms with Gasteiger partial charge in [-0.05, 0) is 44.7 Å². The molecule has 0 unspecified atom stereocenters. The molecule has 1 aromatic carbocycles. The van der Waals surface area contributed by atoms with Crippen LogP contribution in [0.1, 0.15) is 12.1 Å². The van der Waals surface area contributed by atoms with Crippen molar-refractivity contribution in [2.24, 2.45) is 0 Å². The van der Waals surface area contributed by atoms with Crippen LogP contribution in [0.2, 0.25) is 0 Å². The Bertz CT molecular complexity index is 713. The third-order valence-electron chi connectivity index (χ3n) is 4.68. The zero-order valence-electron chi connectivity index (χ0n) is 16.5. The van der Waals surface area contributed by atoms with E-state index in [0.29, 0.717) is 5.95 Å². The third kappa shape index (κ3) is 5.80. The van der Waals surface area contributed by atoms with Gasteiger partial charge in [0.1, 0.15) is 5.82 Å². The number of piperazine rings is 1. The number of nitrogens with zero attached hydrogens (tertiary/aromatic N) is 4. The summed E-state index contributed by atoms with van der Waals surface area (Å²) in [6.45, 7) is 7.90. The number of nitrogens with one attached hydrogen (secondary N) is 2. The molecule has 7 heteroatoms. The molecule has 7 nitrogen and oxygen atoms in total. The minimum atomic E-state index is 0.608. The summed E-state index contributed by atoms with van der Waals surface area (Å²) in [6, 6.07) is 10.4. The summed E-state index contributed by atoms with van der Waals surface area (Å²) >= 11 is 0. The Morgan fingerprint density at radius 3 is 2.52 bits per heavy atom. The van der Waals surface area contributed by atoms with Crippen molar-refractivity contribution in [2.45, 2.75) is 13.3 Å². The van der Waals surface area contributed by atoms with E-state index in [1.54, 1.807) is 7.11 Å². The molecule has 2 heterocycles. The molecule has 1 aromatic heterocycles. The third-order valence-corrected chi connectivity index (χ3v) is 4.68. The van der Waals surface area contributed by atoms with Crippen LogP contribution in [0.25, 0.3) is 0 Å². The molecule has 1 aliphatic heterocycles. The van der Waals surface area contributed by atoms with Crippen LogP contribution in [0, 0.1) is 6.92 Å². The lowest BCUT2D eigenvalue weighted by Gasteiger charge is -2.34. The number of likely N-dealkylation sites (N-methyl/N-ethyl adjacent to an activating group) is 1. The number of aryl methyl sites for hydroxylation is 1. The number of rotatable bonds is 8. The topological polar surface area (TPSA) is 65.6 Å². The van der Waals surface area contributed by atoms with Gasteiger partial charge in [-0.1, -0.05) is 0 Å². The Morgan fingerprint density at radius 1 is 1.07 bits per heavy atom. The van der Waals surface area contributed by atoms with Gasteiger partial charge in [0, 0.05) is 69.6 Å². The van der Waals surface area contributed by atoms with E-state index in [2.05, 4.69) is 61.7 Å². The fraction of sp³-hybridized carbons (Fsp3) is 0.500. The van der Waals surface area contributed by atoms with Gasteiger partial charge in [-0.25, -0.2) is 4.98 Å². The van der Waals surface area contributed by atoms with Crippen molar-refractivity contribution in [1.29, 1.82) is 0 Å². The summed E-state index contributed by atoms with van der Waals surface area (Å²) in [5.74, 6) is 1.44. The number of benzene rings is 1. The number of methoxy groups -OCH3 is 1. The van der Waals surface area contributed by atoms with Crippen LogP contribution in [0.4, 0.5) is 23.1 Å². The molecular weight excluding hydrogens is 340 g/mol. The summed E-state index contributed by atoms with van der Waals surface area (Å²) in [5.41, 5.74) is 3.18. The Morgan fingerprint density at radius 2 is 1.81 bits per heavy atom. The average molecular weight is 371 g/mol. The smallest absolute Gasteiger partial charge is 0.229 e. The highest BCUT2D eigenvalue weighted by atomic mass is 16.5. The predicted octanol–water partition coefficient (Wildman–Crippen LogP) is 2.73. The van der Waals surface area contributed by atoms with Crippen LogP contribution in [0.15, 0.2) is 30.3 Å². The van der Waals surface area contributed by atoms with E-state index in [9.17, 15) is 0 Å². The lowest BCUT2D eigenvalue weighted by Crippen LogP contribution is -2.44. The van der Waals surface area contributed by atoms with Crippen molar-refractivity contribution in [2.75, 3.05) is 69.0 Å². The molecule has 0 aliphatic carbocycles. The zero-order chi connectivity index (χ0) is 19.1. The average Bonchev–Trinajstić information content (AvgIpc) is 2.66. The van der Waals surface area contributed by atoms with Gasteiger partial charge >= 0.3 is 0 Å². The normalized spacial score (nSPS) is 15.0. The molecule has 2 aromatic rings. The summed E-state index contributed by atoms with van der Waals surface area (Å²) in [4.78, 5) is 13.8. The quantitative estimate of drug-likeness (QED) is 0.693. The minimum Gasteiger partial charge on any atom is -0.385 e. The largest absolute Gasteiger partial charge is 0.385 e. The number of hydrogen-bond acceptors (Lipinski definition) is 7. The van der Waals surface area contributed by atoms with Crippen molar-refractivity contribution in [1.82, 2.24) is 14.9 Å². The first-order valence-electron chi connectivity index (χ1n) is 9.53. The van der Waals surface area contributed by atoms with E-state index in [1.807, 2.05) is 13.0 Å². The molecular formula is C20H30N6O. The van der Waals surface area contributed by atoms with Gasteiger partial charge in [-0.3, -0.25) is 0 Å². The van der Waals surface area contributed by atoms with Gasteiger partial charge in [0.25, 0.3) is 0 Å². The van der Waals surface area contributed by atoms with Crippen molar-refractivity contribution in [3.05, 3.63) is 36.0 Å². The molecule has 0 bridgehead atoms. The monoisotopic (exact) mass is 370 g/mol. The van der Waals surface area contributed by atoms with E-state index in [-0.39, 0.29) is 0 Å². The maximum Gasteiger partial charge on any atom is 0.229 e. The van der Waals surface area contributed by atoms with E-state index in [0.717, 1.165) is 63.0 Å². The molecule has 0 amide bonds. The second-order valence-corrected chi connectivity index (χ2v) is 6.95. The Kier molecular flexibility index (Phi) is 6.84. The standard InChI is InChI=1S/C20H30N6O/c1-16-15-19(21-9-4-14-27-3)24-20(22-16)23-17-5-7-18(8-6-17)26-12-10-25(2)11-13-26/h5-8,15H,4,9-14H2,1-3H3,(H2,21,22,23,24). The van der Waals surface area contributed by atoms with Gasteiger partial charge in [-0.15, -0.1) is 0 Å². The van der Waals surface area contributed by atoms with Crippen LogP contribution in [-0.2, 0) is 4.74 Å². The first-order chi connectivity index (χ1) is 13.1. The Labute approximate surface area is 161 Å². The zero-order valence-corrected chi connectivity index (χ0v) is 16.5. The summed E-state index contributed by atoms with van der Waals surface area (Å²) in [5, 5.41) is 6.63. The molecule has 2 N–H and O–H groups in total. The fourth-order valence-corrected chi connectivity index (χ4v) is 3.10. The van der Waals surface area contributed by atoms with Crippen LogP contribution in [0.3, 0.4) is 0 Å². The van der Waals surface area contributed by atoms with E-state index < -0.39 is 0 Å². The van der Waals surface area contributed by atoms with Crippen LogP contribution in [-0.4, -0.2) is 68.4 Å². The first kappa shape index (κ1) is 19.4. The molecule has 1 saturated heterocycles. The minimum absolute atomic E-state index is 0.608. The lowest BCUT2D eigenvalue weighted by molar-refractivity contribution is 0.198. The van der Waals surface area contributed by atoms with E-state index in [4.69, 9.17) is 4.74 Å². The van der Waals surface area contributed by atoms with Crippen LogP contribution >= 0.6 is 0 Å². The Hall–Kier alpha value is -2.38. The fourth-order valence-electron chi connectivity index (χ4n) is 3.10. The first-order valence-corrected chi connectivity index (χ1v) is 9.53. The highest BCUT2D eigenvalue weighted by Crippen LogP contribution is 2.21. The maximum atomic E-state index is 5.07. The second kappa shape index (κ2) is 9.53. The summed E-state index contributed by atoms with van der Waals surface area (Å²) in [7, 11) is 3.89. The molecule has 3 rings (SSSR count). The van der Waals surface area contributed by atoms with E-state index in [1.165, 1.54) is 5.69 Å². The molecule has 146 valence electrons. The predicted molar refractivity (Wildman–Crippen MR) is 111 cm³/mol. The highest BCUT2D eigenvalue weighted by Gasteiger charge is 2.14. The molecule has 0 atom stereocenters. The molecule has 1 fully saturated rings. The van der Waals surface area contributed by atoms with Gasteiger partial charge in [0.15, 0.2) is 0 Å². The SMILES string of the molecule is COCCCNc1cc(C)nc(Nc2ccc(N3CCN(C)CC3)cc2)n1. The van der Waals surface area contributed by atoms with Crippen LogP contribution in [0.5, 0.6) is 0 Å². The Balaban J connectivity index is 1.60. The van der Waals surface area contributed by atoms with Gasteiger partial charge < -0.3 is 25.2 Å². The molecule has 0 spiro atoms. The van der Waals surface area contributed by atoms with Gasteiger partial charge in [-0.2, -0.15) is 4.98 Å². The number of aromatic nitrogens is 2. The molecule has 0 radical (unpaired) electrons. The van der Waals surface area contributed by atoms with Crippen molar-refractivity contribution in [3.8, 4) is 0 Å². The van der Waals surface area contributed by atoms with Crippen molar-refractivity contribution >= 4 is 23.1 Å². The lowest BCUT2D eigenvalue weighted by atomic mass is 10.2. The van der Waals surface area contributed by atoms with Gasteiger partial charge in [0.2, 0.25) is 5.95 Å². The van der Waals surface area contributed by atoms with Crippen molar-refractivity contribution < 1.29 is 4.74 Å². The summed E-state index contributed by atoms with van der Waals surface area (Å²) < 4.78 is 5.07. The molecule has 1 aliphatic rings. The number of ether oxygens (including phenoxy) is 1. The molecule has 27 heavy (non-hydrogen) atoms. The highest BCUT2D eigenvalue weighted by molar-refractivity contribution is 5.60. The molecule has 0 saturated carbocycles. The number of hydrogen-bond donors (Lipinski definition) is 2. The number of anilines is 4. The van der Waals surface area contributed by atoms with Crippen LogP contribution < -0.4 is 15.5 Å².